The van der Waals surface area contributed by atoms with Crippen LogP contribution < -0.4 is 5.73 Å². The molecular weight excluding hydrogens is 306 g/mol. The maximum atomic E-state index is 13.9. The van der Waals surface area contributed by atoms with E-state index < -0.39 is 11.6 Å². The Morgan fingerprint density at radius 3 is 2.65 bits per heavy atom. The molecule has 2 heterocycles. The summed E-state index contributed by atoms with van der Waals surface area (Å²) >= 11 is 7.14. The summed E-state index contributed by atoms with van der Waals surface area (Å²) in [6.07, 6.45) is 0. The molecule has 2 aromatic heterocycles. The number of hydrogen-bond donors (Lipinski definition) is 1. The van der Waals surface area contributed by atoms with Gasteiger partial charge in [-0.05, 0) is 24.3 Å². The number of nitrogen functional groups attached to an aromatic ring is 1. The molecular formula is C13H7ClF2N2OS. The van der Waals surface area contributed by atoms with Crippen molar-refractivity contribution in [2.75, 3.05) is 5.73 Å². The largest absolute Gasteiger partial charge is 0.367 e. The lowest BCUT2D eigenvalue weighted by Gasteiger charge is -2.03. The molecule has 0 aliphatic carbocycles. The summed E-state index contributed by atoms with van der Waals surface area (Å²) < 4.78 is 32.4. The normalized spacial score (nSPS) is 10.9. The minimum absolute atomic E-state index is 0.0324. The fourth-order valence-electron chi connectivity index (χ4n) is 1.87. The maximum Gasteiger partial charge on any atom is 0.230 e. The highest BCUT2D eigenvalue weighted by molar-refractivity contribution is 7.19. The monoisotopic (exact) mass is 312 g/mol. The van der Waals surface area contributed by atoms with E-state index in [-0.39, 0.29) is 11.4 Å². The van der Waals surface area contributed by atoms with E-state index in [0.29, 0.717) is 20.5 Å². The molecule has 20 heavy (non-hydrogen) atoms. The van der Waals surface area contributed by atoms with Crippen molar-refractivity contribution in [3.63, 3.8) is 0 Å². The highest BCUT2D eigenvalue weighted by Gasteiger charge is 2.21. The van der Waals surface area contributed by atoms with Gasteiger partial charge in [0, 0.05) is 11.6 Å². The molecule has 3 aromatic rings. The molecule has 0 unspecified atom stereocenters. The fourth-order valence-corrected chi connectivity index (χ4v) is 2.90. The van der Waals surface area contributed by atoms with E-state index in [9.17, 15) is 8.78 Å². The first-order valence-corrected chi connectivity index (χ1v) is 6.72. The lowest BCUT2D eigenvalue weighted by Crippen LogP contribution is -1.91. The number of hydrogen-bond acceptors (Lipinski definition) is 4. The number of nitrogens with two attached hydrogens (primary N) is 1. The predicted molar refractivity (Wildman–Crippen MR) is 74.6 cm³/mol. The van der Waals surface area contributed by atoms with Crippen LogP contribution in [0.5, 0.6) is 0 Å². The summed E-state index contributed by atoms with van der Waals surface area (Å²) in [6, 6.07) is 6.65. The quantitative estimate of drug-likeness (QED) is 0.753. The zero-order valence-electron chi connectivity index (χ0n) is 9.86. The Morgan fingerprint density at radius 2 is 2.00 bits per heavy atom. The molecule has 0 radical (unpaired) electrons. The molecule has 0 atom stereocenters. The van der Waals surface area contributed by atoms with Crippen molar-refractivity contribution in [3.05, 3.63) is 46.3 Å². The molecule has 0 saturated heterocycles. The van der Waals surface area contributed by atoms with E-state index in [0.717, 1.165) is 12.1 Å². The van der Waals surface area contributed by atoms with Crippen LogP contribution in [0.3, 0.4) is 0 Å². The summed E-state index contributed by atoms with van der Waals surface area (Å²) in [4.78, 5) is 0.689. The summed E-state index contributed by atoms with van der Waals surface area (Å²) in [5, 5.41) is 3.83. The van der Waals surface area contributed by atoms with Crippen LogP contribution in [-0.2, 0) is 0 Å². The van der Waals surface area contributed by atoms with Gasteiger partial charge in [-0.15, -0.1) is 11.3 Å². The molecule has 3 rings (SSSR count). The number of nitrogens with zero attached hydrogens (tertiary/aromatic N) is 1. The minimum atomic E-state index is -0.733. The van der Waals surface area contributed by atoms with Crippen LogP contribution >= 0.6 is 22.9 Å². The first-order chi connectivity index (χ1) is 9.56. The average Bonchev–Trinajstić information content (AvgIpc) is 2.96. The molecule has 3 nitrogen and oxygen atoms in total. The first-order valence-electron chi connectivity index (χ1n) is 5.52. The second kappa shape index (κ2) is 4.88. The third-order valence-corrected chi connectivity index (χ3v) is 3.96. The van der Waals surface area contributed by atoms with Crippen molar-refractivity contribution in [2.45, 2.75) is 0 Å². The van der Waals surface area contributed by atoms with Crippen molar-refractivity contribution < 1.29 is 13.3 Å². The molecule has 0 spiro atoms. The first kappa shape index (κ1) is 13.1. The van der Waals surface area contributed by atoms with E-state index in [1.807, 2.05) is 0 Å². The van der Waals surface area contributed by atoms with Gasteiger partial charge in [0.1, 0.15) is 17.3 Å². The van der Waals surface area contributed by atoms with E-state index in [4.69, 9.17) is 21.9 Å². The summed E-state index contributed by atoms with van der Waals surface area (Å²) in [6.45, 7) is 0. The molecule has 7 heteroatoms. The molecule has 0 aliphatic rings. The van der Waals surface area contributed by atoms with Crippen molar-refractivity contribution in [3.8, 4) is 21.7 Å². The van der Waals surface area contributed by atoms with E-state index in [1.54, 1.807) is 12.1 Å². The van der Waals surface area contributed by atoms with Gasteiger partial charge in [0.05, 0.1) is 14.8 Å². The van der Waals surface area contributed by atoms with Crippen molar-refractivity contribution in [2.24, 2.45) is 0 Å². The Bertz CT molecular complexity index is 785. The lowest BCUT2D eigenvalue weighted by molar-refractivity contribution is 0.439. The van der Waals surface area contributed by atoms with Crippen molar-refractivity contribution in [1.29, 1.82) is 0 Å². The van der Waals surface area contributed by atoms with E-state index in [2.05, 4.69) is 5.16 Å². The Kier molecular flexibility index (Phi) is 3.19. The Hall–Kier alpha value is -1.92. The summed E-state index contributed by atoms with van der Waals surface area (Å²) in [5.74, 6) is -1.43. The minimum Gasteiger partial charge on any atom is -0.367 e. The second-order valence-corrected chi connectivity index (χ2v) is 5.71. The van der Waals surface area contributed by atoms with Gasteiger partial charge in [-0.1, -0.05) is 16.8 Å². The van der Waals surface area contributed by atoms with Gasteiger partial charge >= 0.3 is 0 Å². The Balaban J connectivity index is 2.21. The van der Waals surface area contributed by atoms with Gasteiger partial charge in [0.15, 0.2) is 0 Å². The smallest absolute Gasteiger partial charge is 0.230 e. The number of rotatable bonds is 2. The number of thiophene rings is 1. The molecule has 102 valence electrons. The van der Waals surface area contributed by atoms with Crippen molar-refractivity contribution >= 4 is 28.8 Å². The van der Waals surface area contributed by atoms with Gasteiger partial charge in [0.2, 0.25) is 5.88 Å². The molecule has 0 saturated carbocycles. The molecule has 1 aromatic carbocycles. The summed E-state index contributed by atoms with van der Waals surface area (Å²) in [5.41, 5.74) is 6.51. The van der Waals surface area contributed by atoms with Crippen LogP contribution in [0.25, 0.3) is 21.7 Å². The van der Waals surface area contributed by atoms with E-state index in [1.165, 1.54) is 17.4 Å². The summed E-state index contributed by atoms with van der Waals surface area (Å²) in [7, 11) is 0. The third-order valence-electron chi connectivity index (χ3n) is 2.73. The predicted octanol–water partition coefficient (Wildman–Crippen LogP) is 4.58. The van der Waals surface area contributed by atoms with Crippen LogP contribution in [0, 0.1) is 11.6 Å². The Morgan fingerprint density at radius 1 is 1.20 bits per heavy atom. The van der Waals surface area contributed by atoms with Crippen LogP contribution in [-0.4, -0.2) is 5.16 Å². The third kappa shape index (κ3) is 2.17. The van der Waals surface area contributed by atoms with E-state index >= 15 is 0 Å². The molecule has 0 amide bonds. The molecule has 2 N–H and O–H groups in total. The second-order valence-electron chi connectivity index (χ2n) is 4.00. The average molecular weight is 313 g/mol. The van der Waals surface area contributed by atoms with Gasteiger partial charge in [-0.25, -0.2) is 8.78 Å². The van der Waals surface area contributed by atoms with Crippen LogP contribution in [0.15, 0.2) is 34.9 Å². The number of anilines is 1. The molecule has 0 bridgehead atoms. The standard InChI is InChI=1S/C13H7ClF2N2OS/c14-10-4-3-9(20-10)12-11(13(17)19-18-12)7-2-1-6(15)5-8(7)16/h1-5H,17H2. The SMILES string of the molecule is Nc1onc(-c2ccc(Cl)s2)c1-c1ccc(F)cc1F. The van der Waals surface area contributed by atoms with Crippen LogP contribution in [0.2, 0.25) is 4.34 Å². The zero-order valence-corrected chi connectivity index (χ0v) is 11.4. The number of halogens is 3. The topological polar surface area (TPSA) is 52.0 Å². The number of aromatic nitrogens is 1. The van der Waals surface area contributed by atoms with Gasteiger partial charge < -0.3 is 10.3 Å². The zero-order chi connectivity index (χ0) is 14.3. The highest BCUT2D eigenvalue weighted by Crippen LogP contribution is 2.40. The lowest BCUT2D eigenvalue weighted by atomic mass is 10.0. The van der Waals surface area contributed by atoms with Crippen molar-refractivity contribution in [1.82, 2.24) is 5.16 Å². The fraction of sp³-hybridized carbons (Fsp3) is 0. The Labute approximate surface area is 121 Å². The van der Waals surface area contributed by atoms with Gasteiger partial charge in [-0.3, -0.25) is 0 Å². The van der Waals surface area contributed by atoms with Gasteiger partial charge in [0.25, 0.3) is 0 Å². The number of benzene rings is 1. The highest BCUT2D eigenvalue weighted by atomic mass is 35.5. The van der Waals surface area contributed by atoms with Crippen LogP contribution in [0.1, 0.15) is 0 Å². The molecule has 0 fully saturated rings. The maximum absolute atomic E-state index is 13.9. The van der Waals surface area contributed by atoms with Crippen LogP contribution in [0.4, 0.5) is 14.7 Å². The molecule has 0 aliphatic heterocycles. The van der Waals surface area contributed by atoms with Gasteiger partial charge in [-0.2, -0.15) is 0 Å².